The first kappa shape index (κ1) is 15.2. The van der Waals surface area contributed by atoms with Gasteiger partial charge >= 0.3 is 0 Å². The molecule has 0 N–H and O–H groups in total. The molecule has 1 unspecified atom stereocenters. The molecule has 0 saturated carbocycles. The largest absolute Gasteiger partial charge is 0.464 e. The van der Waals surface area contributed by atoms with E-state index in [0.717, 1.165) is 11.8 Å². The van der Waals surface area contributed by atoms with Crippen LogP contribution in [-0.2, 0) is 14.8 Å². The maximum atomic E-state index is 12.9. The van der Waals surface area contributed by atoms with Gasteiger partial charge in [-0.3, -0.25) is 4.79 Å². The lowest BCUT2D eigenvalue weighted by atomic mass is 10.0. The fourth-order valence-corrected chi connectivity index (χ4v) is 4.64. The van der Waals surface area contributed by atoms with Crippen molar-refractivity contribution < 1.29 is 17.6 Å². The summed E-state index contributed by atoms with van der Waals surface area (Å²) in [6.45, 7) is 4.01. The van der Waals surface area contributed by atoms with Crippen LogP contribution in [0.25, 0.3) is 11.0 Å². The number of hydrogen-bond donors (Lipinski definition) is 0. The summed E-state index contributed by atoms with van der Waals surface area (Å²) >= 11 is 0. The number of sulfonamides is 1. The molecule has 1 aromatic heterocycles. The number of benzene rings is 1. The molecule has 3 rings (SSSR count). The molecule has 0 spiro atoms. The van der Waals surface area contributed by atoms with E-state index < -0.39 is 16.1 Å². The molecule has 2 aromatic rings. The molecule has 0 aliphatic carbocycles. The molecular weight excluding hydrogens is 302 g/mol. The van der Waals surface area contributed by atoms with Crippen LogP contribution < -0.4 is 0 Å². The Bertz CT molecular complexity index is 806. The summed E-state index contributed by atoms with van der Waals surface area (Å²) in [6, 6.07) is 5.98. The lowest BCUT2D eigenvalue weighted by Crippen LogP contribution is -2.42. The summed E-state index contributed by atoms with van der Waals surface area (Å²) < 4.78 is 32.4. The van der Waals surface area contributed by atoms with Crippen LogP contribution in [0.3, 0.4) is 0 Å². The third kappa shape index (κ3) is 2.46. The van der Waals surface area contributed by atoms with Gasteiger partial charge in [0, 0.05) is 17.8 Å². The molecule has 22 heavy (non-hydrogen) atoms. The van der Waals surface area contributed by atoms with Gasteiger partial charge in [0.05, 0.1) is 17.2 Å². The maximum Gasteiger partial charge on any atom is 0.243 e. The third-order valence-electron chi connectivity index (χ3n) is 4.13. The van der Waals surface area contributed by atoms with Crippen molar-refractivity contribution in [1.29, 1.82) is 0 Å². The number of carbonyl (C=O) groups excluding carboxylic acids is 1. The quantitative estimate of drug-likeness (QED) is 0.868. The molecule has 118 valence electrons. The number of carbonyl (C=O) groups is 1. The Labute approximate surface area is 130 Å². The van der Waals surface area contributed by atoms with Crippen LogP contribution in [0.1, 0.15) is 26.7 Å². The smallest absolute Gasteiger partial charge is 0.243 e. The molecule has 0 radical (unpaired) electrons. The average molecular weight is 321 g/mol. The highest BCUT2D eigenvalue weighted by Crippen LogP contribution is 2.29. The predicted molar refractivity (Wildman–Crippen MR) is 83.0 cm³/mol. The summed E-state index contributed by atoms with van der Waals surface area (Å²) in [5, 5.41) is 0.743. The minimum absolute atomic E-state index is 0.00883. The fraction of sp³-hybridized carbons (Fsp3) is 0.438. The number of rotatable bonds is 4. The third-order valence-corrected chi connectivity index (χ3v) is 6.04. The molecule has 5 nitrogen and oxygen atoms in total. The van der Waals surface area contributed by atoms with Crippen LogP contribution in [0.15, 0.2) is 39.8 Å². The van der Waals surface area contributed by atoms with Crippen molar-refractivity contribution >= 4 is 26.8 Å². The van der Waals surface area contributed by atoms with Gasteiger partial charge in [-0.25, -0.2) is 8.42 Å². The topological polar surface area (TPSA) is 67.6 Å². The minimum Gasteiger partial charge on any atom is -0.464 e. The number of ketones is 1. The number of nitrogens with zero attached hydrogens (tertiary/aromatic N) is 1. The van der Waals surface area contributed by atoms with E-state index in [9.17, 15) is 13.2 Å². The van der Waals surface area contributed by atoms with E-state index in [2.05, 4.69) is 0 Å². The van der Waals surface area contributed by atoms with Crippen molar-refractivity contribution in [3.05, 3.63) is 30.5 Å². The summed E-state index contributed by atoms with van der Waals surface area (Å²) in [4.78, 5) is 12.5. The highest BCUT2D eigenvalue weighted by molar-refractivity contribution is 7.89. The molecule has 1 fully saturated rings. The number of Topliss-reactive ketones (excluding diaryl/α,β-unsaturated/α-hetero) is 1. The molecule has 1 aromatic carbocycles. The monoisotopic (exact) mass is 321 g/mol. The van der Waals surface area contributed by atoms with Crippen molar-refractivity contribution in [2.75, 3.05) is 6.54 Å². The standard InChI is InChI=1S/C16H19NO4S/c1-11(2)16(18)14-4-3-8-17(14)22(19,20)13-5-6-15-12(10-13)7-9-21-15/h5-7,9-11,14H,3-4,8H2,1-2H3. The van der Waals surface area contributed by atoms with Gasteiger partial charge in [0.2, 0.25) is 10.0 Å². The van der Waals surface area contributed by atoms with Crippen LogP contribution in [0.2, 0.25) is 0 Å². The van der Waals surface area contributed by atoms with Crippen LogP contribution in [-0.4, -0.2) is 31.1 Å². The van der Waals surface area contributed by atoms with Gasteiger partial charge in [-0.05, 0) is 37.1 Å². The Morgan fingerprint density at radius 1 is 1.32 bits per heavy atom. The second-order valence-electron chi connectivity index (χ2n) is 5.95. The zero-order chi connectivity index (χ0) is 15.9. The van der Waals surface area contributed by atoms with Crippen molar-refractivity contribution in [3.8, 4) is 0 Å². The van der Waals surface area contributed by atoms with Crippen molar-refractivity contribution in [2.24, 2.45) is 5.92 Å². The Hall–Kier alpha value is -1.66. The van der Waals surface area contributed by atoms with Crippen LogP contribution >= 0.6 is 0 Å². The van der Waals surface area contributed by atoms with Crippen molar-refractivity contribution in [1.82, 2.24) is 4.31 Å². The summed E-state index contributed by atoms with van der Waals surface area (Å²) in [7, 11) is -3.66. The van der Waals surface area contributed by atoms with Gasteiger partial charge in [0.15, 0.2) is 5.78 Å². The molecule has 2 heterocycles. The van der Waals surface area contributed by atoms with E-state index in [1.807, 2.05) is 13.8 Å². The molecule has 0 amide bonds. The van der Waals surface area contributed by atoms with Crippen LogP contribution in [0.4, 0.5) is 0 Å². The van der Waals surface area contributed by atoms with Gasteiger partial charge in [0.25, 0.3) is 0 Å². The summed E-state index contributed by atoms with van der Waals surface area (Å²) in [5.74, 6) is -0.178. The summed E-state index contributed by atoms with van der Waals surface area (Å²) in [5.41, 5.74) is 0.648. The minimum atomic E-state index is -3.66. The number of hydrogen-bond acceptors (Lipinski definition) is 4. The van der Waals surface area contributed by atoms with E-state index in [-0.39, 0.29) is 16.6 Å². The Balaban J connectivity index is 1.99. The van der Waals surface area contributed by atoms with E-state index in [4.69, 9.17) is 4.42 Å². The molecule has 0 bridgehead atoms. The van der Waals surface area contributed by atoms with Crippen LogP contribution in [0.5, 0.6) is 0 Å². The highest BCUT2D eigenvalue weighted by atomic mass is 32.2. The SMILES string of the molecule is CC(C)C(=O)C1CCCN1S(=O)(=O)c1ccc2occc2c1. The van der Waals surface area contributed by atoms with Gasteiger partial charge in [-0.1, -0.05) is 13.8 Å². The van der Waals surface area contributed by atoms with Crippen molar-refractivity contribution in [2.45, 2.75) is 37.6 Å². The molecule has 1 atom stereocenters. The first-order chi connectivity index (χ1) is 10.4. The van der Waals surface area contributed by atoms with Gasteiger partial charge in [-0.15, -0.1) is 0 Å². The normalized spacial score (nSPS) is 20.0. The second kappa shape index (κ2) is 5.52. The fourth-order valence-electron chi connectivity index (χ4n) is 2.94. The number of fused-ring (bicyclic) bond motifs is 1. The predicted octanol–water partition coefficient (Wildman–Crippen LogP) is 2.81. The highest BCUT2D eigenvalue weighted by Gasteiger charge is 2.39. The average Bonchev–Trinajstić information content (AvgIpc) is 3.14. The second-order valence-corrected chi connectivity index (χ2v) is 7.84. The lowest BCUT2D eigenvalue weighted by molar-refractivity contribution is -0.125. The lowest BCUT2D eigenvalue weighted by Gasteiger charge is -2.24. The zero-order valence-electron chi connectivity index (χ0n) is 12.7. The number of furan rings is 1. The molecule has 1 aliphatic rings. The Morgan fingerprint density at radius 3 is 2.82 bits per heavy atom. The van der Waals surface area contributed by atoms with Crippen molar-refractivity contribution in [3.63, 3.8) is 0 Å². The maximum absolute atomic E-state index is 12.9. The van der Waals surface area contributed by atoms with E-state index in [1.54, 1.807) is 18.2 Å². The zero-order valence-corrected chi connectivity index (χ0v) is 13.5. The van der Waals surface area contributed by atoms with Gasteiger partial charge in [-0.2, -0.15) is 4.31 Å². The summed E-state index contributed by atoms with van der Waals surface area (Å²) in [6.07, 6.45) is 2.85. The first-order valence-corrected chi connectivity index (χ1v) is 8.88. The van der Waals surface area contributed by atoms with E-state index in [0.29, 0.717) is 18.5 Å². The first-order valence-electron chi connectivity index (χ1n) is 7.44. The molecule has 1 aliphatic heterocycles. The van der Waals surface area contributed by atoms with Crippen LogP contribution in [0, 0.1) is 5.92 Å². The molecule has 1 saturated heterocycles. The van der Waals surface area contributed by atoms with E-state index in [1.165, 1.54) is 16.6 Å². The Kier molecular flexibility index (Phi) is 3.82. The van der Waals surface area contributed by atoms with E-state index >= 15 is 0 Å². The Morgan fingerprint density at radius 2 is 2.09 bits per heavy atom. The van der Waals surface area contributed by atoms with Gasteiger partial charge in [0.1, 0.15) is 5.58 Å². The molecule has 6 heteroatoms. The molecular formula is C16H19NO4S. The van der Waals surface area contributed by atoms with Gasteiger partial charge < -0.3 is 4.42 Å².